The van der Waals surface area contributed by atoms with E-state index in [4.69, 9.17) is 0 Å². The summed E-state index contributed by atoms with van der Waals surface area (Å²) in [7, 11) is 4.10. The Bertz CT molecular complexity index is 286. The summed E-state index contributed by atoms with van der Waals surface area (Å²) < 4.78 is 0. The summed E-state index contributed by atoms with van der Waals surface area (Å²) in [4.78, 5) is 16.7. The molecular formula is C13H25N3O. The van der Waals surface area contributed by atoms with E-state index in [0.29, 0.717) is 6.04 Å². The van der Waals surface area contributed by atoms with Crippen molar-refractivity contribution < 1.29 is 4.79 Å². The van der Waals surface area contributed by atoms with Gasteiger partial charge in [0.25, 0.3) is 0 Å². The van der Waals surface area contributed by atoms with Crippen molar-refractivity contribution in [3.05, 3.63) is 0 Å². The average Bonchev–Trinajstić information content (AvgIpc) is 2.89. The number of nitrogens with one attached hydrogen (secondary N) is 1. The summed E-state index contributed by atoms with van der Waals surface area (Å²) in [5.41, 5.74) is -0.314. The molecule has 0 aliphatic carbocycles. The molecule has 2 aliphatic rings. The standard InChI is InChI=1S/C13H25N3O/c1-13(7-5-8-14-13)12(17)16(3)10-11-6-4-9-15(11)2/h11,14H,4-10H2,1-3H3. The van der Waals surface area contributed by atoms with Gasteiger partial charge in [0.05, 0.1) is 5.54 Å². The molecule has 0 bridgehead atoms. The Hall–Kier alpha value is -0.610. The first-order chi connectivity index (χ1) is 8.03. The van der Waals surface area contributed by atoms with E-state index in [1.807, 2.05) is 18.9 Å². The van der Waals surface area contributed by atoms with Crippen LogP contribution in [0.15, 0.2) is 0 Å². The van der Waals surface area contributed by atoms with Gasteiger partial charge in [-0.15, -0.1) is 0 Å². The zero-order valence-corrected chi connectivity index (χ0v) is 11.3. The zero-order chi connectivity index (χ0) is 12.5. The lowest BCUT2D eigenvalue weighted by atomic mass is 9.98. The SMILES string of the molecule is CN(CC1CCCN1C)C(=O)C1(C)CCCN1. The van der Waals surface area contributed by atoms with Crippen LogP contribution in [0.4, 0.5) is 0 Å². The molecule has 0 aromatic carbocycles. The van der Waals surface area contributed by atoms with Gasteiger partial charge in [0.15, 0.2) is 0 Å². The molecule has 4 heteroatoms. The molecule has 0 aromatic rings. The number of carbonyl (C=O) groups excluding carboxylic acids is 1. The Balaban J connectivity index is 1.90. The smallest absolute Gasteiger partial charge is 0.242 e. The summed E-state index contributed by atoms with van der Waals surface area (Å²) >= 11 is 0. The third-order valence-electron chi connectivity index (χ3n) is 4.34. The number of nitrogens with zero attached hydrogens (tertiary/aromatic N) is 2. The molecule has 2 fully saturated rings. The maximum atomic E-state index is 12.4. The Morgan fingerprint density at radius 2 is 2.29 bits per heavy atom. The third kappa shape index (κ3) is 2.63. The molecule has 2 saturated heterocycles. The molecular weight excluding hydrogens is 214 g/mol. The number of hydrogen-bond donors (Lipinski definition) is 1. The van der Waals surface area contributed by atoms with Crippen LogP contribution in [0.3, 0.4) is 0 Å². The Morgan fingerprint density at radius 3 is 2.82 bits per heavy atom. The number of hydrogen-bond acceptors (Lipinski definition) is 3. The van der Waals surface area contributed by atoms with E-state index in [9.17, 15) is 4.79 Å². The molecule has 2 rings (SSSR count). The van der Waals surface area contributed by atoms with E-state index in [-0.39, 0.29) is 11.4 Å². The van der Waals surface area contributed by atoms with Crippen LogP contribution in [-0.2, 0) is 4.79 Å². The Morgan fingerprint density at radius 1 is 1.53 bits per heavy atom. The number of amides is 1. The van der Waals surface area contributed by atoms with Gasteiger partial charge in [-0.2, -0.15) is 0 Å². The Kier molecular flexibility index (Phi) is 3.73. The van der Waals surface area contributed by atoms with Crippen molar-refractivity contribution in [2.75, 3.05) is 33.7 Å². The topological polar surface area (TPSA) is 35.6 Å². The summed E-state index contributed by atoms with van der Waals surface area (Å²) in [5.74, 6) is 0.260. The van der Waals surface area contributed by atoms with Gasteiger partial charge in [0, 0.05) is 19.6 Å². The fourth-order valence-corrected chi connectivity index (χ4v) is 3.11. The van der Waals surface area contributed by atoms with Crippen molar-refractivity contribution in [2.24, 2.45) is 0 Å². The third-order valence-corrected chi connectivity index (χ3v) is 4.34. The number of likely N-dealkylation sites (N-methyl/N-ethyl adjacent to an activating group) is 2. The average molecular weight is 239 g/mol. The second-order valence-corrected chi connectivity index (χ2v) is 5.82. The first-order valence-corrected chi connectivity index (χ1v) is 6.74. The number of carbonyl (C=O) groups is 1. The second-order valence-electron chi connectivity index (χ2n) is 5.82. The predicted octanol–water partition coefficient (Wildman–Crippen LogP) is 0.681. The molecule has 2 unspecified atom stereocenters. The minimum absolute atomic E-state index is 0.260. The van der Waals surface area contributed by atoms with Gasteiger partial charge in [-0.25, -0.2) is 0 Å². The molecule has 0 saturated carbocycles. The molecule has 4 nitrogen and oxygen atoms in total. The van der Waals surface area contributed by atoms with E-state index >= 15 is 0 Å². The van der Waals surface area contributed by atoms with E-state index in [2.05, 4.69) is 17.3 Å². The molecule has 0 radical (unpaired) electrons. The highest BCUT2D eigenvalue weighted by Crippen LogP contribution is 2.22. The summed E-state index contributed by atoms with van der Waals surface area (Å²) in [6.45, 7) is 5.05. The maximum absolute atomic E-state index is 12.4. The van der Waals surface area contributed by atoms with Crippen molar-refractivity contribution in [2.45, 2.75) is 44.2 Å². The minimum Gasteiger partial charge on any atom is -0.343 e. The summed E-state index contributed by atoms with van der Waals surface area (Å²) in [6, 6.07) is 0.550. The molecule has 17 heavy (non-hydrogen) atoms. The van der Waals surface area contributed by atoms with Crippen molar-refractivity contribution in [3.63, 3.8) is 0 Å². The van der Waals surface area contributed by atoms with E-state index < -0.39 is 0 Å². The molecule has 2 aliphatic heterocycles. The van der Waals surface area contributed by atoms with Gasteiger partial charge in [-0.05, 0) is 52.7 Å². The van der Waals surface area contributed by atoms with Crippen LogP contribution in [0.1, 0.15) is 32.6 Å². The van der Waals surface area contributed by atoms with Crippen molar-refractivity contribution in [1.29, 1.82) is 0 Å². The molecule has 0 aromatic heterocycles. The summed E-state index contributed by atoms with van der Waals surface area (Å²) in [5, 5.41) is 3.34. The van der Waals surface area contributed by atoms with Gasteiger partial charge in [0.2, 0.25) is 5.91 Å². The van der Waals surface area contributed by atoms with Crippen LogP contribution >= 0.6 is 0 Å². The van der Waals surface area contributed by atoms with Gasteiger partial charge < -0.3 is 15.1 Å². The number of likely N-dealkylation sites (tertiary alicyclic amines) is 1. The van der Waals surface area contributed by atoms with Crippen LogP contribution in [0.25, 0.3) is 0 Å². The predicted molar refractivity (Wildman–Crippen MR) is 68.9 cm³/mol. The summed E-state index contributed by atoms with van der Waals surface area (Å²) in [6.07, 6.45) is 4.56. The first kappa shape index (κ1) is 12.8. The fraction of sp³-hybridized carbons (Fsp3) is 0.923. The van der Waals surface area contributed by atoms with Crippen LogP contribution in [-0.4, -0.2) is 61.0 Å². The van der Waals surface area contributed by atoms with Gasteiger partial charge in [-0.1, -0.05) is 0 Å². The van der Waals surface area contributed by atoms with Crippen molar-refractivity contribution in [3.8, 4) is 0 Å². The van der Waals surface area contributed by atoms with E-state index in [0.717, 1.165) is 25.9 Å². The highest BCUT2D eigenvalue weighted by molar-refractivity contribution is 5.86. The van der Waals surface area contributed by atoms with Gasteiger partial charge >= 0.3 is 0 Å². The van der Waals surface area contributed by atoms with E-state index in [1.54, 1.807) is 0 Å². The van der Waals surface area contributed by atoms with Crippen LogP contribution < -0.4 is 5.32 Å². The molecule has 2 heterocycles. The van der Waals surface area contributed by atoms with Crippen LogP contribution in [0.5, 0.6) is 0 Å². The van der Waals surface area contributed by atoms with E-state index in [1.165, 1.54) is 19.4 Å². The maximum Gasteiger partial charge on any atom is 0.242 e. The second kappa shape index (κ2) is 4.94. The molecule has 1 amide bonds. The lowest BCUT2D eigenvalue weighted by Crippen LogP contribution is -2.53. The fourth-order valence-electron chi connectivity index (χ4n) is 3.11. The Labute approximate surface area is 104 Å². The normalized spacial score (nSPS) is 34.2. The van der Waals surface area contributed by atoms with Crippen molar-refractivity contribution >= 4 is 5.91 Å². The van der Waals surface area contributed by atoms with Gasteiger partial charge in [0.1, 0.15) is 0 Å². The zero-order valence-electron chi connectivity index (χ0n) is 11.3. The molecule has 0 spiro atoms. The van der Waals surface area contributed by atoms with Crippen molar-refractivity contribution in [1.82, 2.24) is 15.1 Å². The minimum atomic E-state index is -0.314. The van der Waals surface area contributed by atoms with Crippen LogP contribution in [0, 0.1) is 0 Å². The molecule has 2 atom stereocenters. The highest BCUT2D eigenvalue weighted by atomic mass is 16.2. The quantitative estimate of drug-likeness (QED) is 0.787. The largest absolute Gasteiger partial charge is 0.343 e. The molecule has 1 N–H and O–H groups in total. The first-order valence-electron chi connectivity index (χ1n) is 6.74. The number of rotatable bonds is 3. The monoisotopic (exact) mass is 239 g/mol. The van der Waals surface area contributed by atoms with Gasteiger partial charge in [-0.3, -0.25) is 4.79 Å². The highest BCUT2D eigenvalue weighted by Gasteiger charge is 2.38. The lowest BCUT2D eigenvalue weighted by molar-refractivity contribution is -0.136. The molecule has 98 valence electrons. The lowest BCUT2D eigenvalue weighted by Gasteiger charge is -2.32. The van der Waals surface area contributed by atoms with Crippen LogP contribution in [0.2, 0.25) is 0 Å².